The van der Waals surface area contributed by atoms with Crippen LogP contribution in [0.25, 0.3) is 0 Å². The minimum Gasteiger partial charge on any atom is -0.309 e. The van der Waals surface area contributed by atoms with E-state index in [9.17, 15) is 4.39 Å². The van der Waals surface area contributed by atoms with Gasteiger partial charge in [0.1, 0.15) is 11.9 Å². The van der Waals surface area contributed by atoms with Crippen LogP contribution in [-0.4, -0.2) is 6.04 Å². The summed E-state index contributed by atoms with van der Waals surface area (Å²) in [6.07, 6.45) is 5.83. The first kappa shape index (κ1) is 12.2. The molecule has 0 aromatic heterocycles. The van der Waals surface area contributed by atoms with E-state index in [1.807, 2.05) is 13.0 Å². The molecular formula is C13H13FN2. The first-order valence-corrected chi connectivity index (χ1v) is 5.02. The second-order valence-corrected chi connectivity index (χ2v) is 3.62. The van der Waals surface area contributed by atoms with Crippen LogP contribution in [0.15, 0.2) is 18.2 Å². The SMILES string of the molecule is C#CCC(C)NCc1ccc(F)c(C#N)c1. The Balaban J connectivity index is 2.63. The van der Waals surface area contributed by atoms with Gasteiger partial charge in [-0.05, 0) is 24.6 Å². The van der Waals surface area contributed by atoms with E-state index >= 15 is 0 Å². The number of terminal acetylenes is 1. The van der Waals surface area contributed by atoms with E-state index in [0.29, 0.717) is 13.0 Å². The van der Waals surface area contributed by atoms with Crippen molar-refractivity contribution in [2.45, 2.75) is 25.9 Å². The van der Waals surface area contributed by atoms with Gasteiger partial charge in [0, 0.05) is 19.0 Å². The van der Waals surface area contributed by atoms with Crippen molar-refractivity contribution in [1.29, 1.82) is 5.26 Å². The first-order valence-electron chi connectivity index (χ1n) is 5.02. The molecule has 16 heavy (non-hydrogen) atoms. The fraction of sp³-hybridized carbons (Fsp3) is 0.308. The van der Waals surface area contributed by atoms with Gasteiger partial charge in [-0.2, -0.15) is 5.26 Å². The molecule has 1 rings (SSSR count). The number of hydrogen-bond acceptors (Lipinski definition) is 2. The predicted molar refractivity (Wildman–Crippen MR) is 60.9 cm³/mol. The molecule has 2 nitrogen and oxygen atoms in total. The molecule has 0 heterocycles. The molecule has 0 fully saturated rings. The number of benzene rings is 1. The fourth-order valence-electron chi connectivity index (χ4n) is 1.31. The van der Waals surface area contributed by atoms with Crippen LogP contribution < -0.4 is 5.32 Å². The summed E-state index contributed by atoms with van der Waals surface area (Å²) in [6, 6.07) is 6.53. The topological polar surface area (TPSA) is 35.8 Å². The molecule has 0 saturated heterocycles. The Labute approximate surface area is 95.1 Å². The van der Waals surface area contributed by atoms with Crippen molar-refractivity contribution in [1.82, 2.24) is 5.32 Å². The summed E-state index contributed by atoms with van der Waals surface area (Å²) in [7, 11) is 0. The van der Waals surface area contributed by atoms with Crippen LogP contribution in [0.4, 0.5) is 4.39 Å². The zero-order valence-corrected chi connectivity index (χ0v) is 9.13. The van der Waals surface area contributed by atoms with Gasteiger partial charge in [-0.15, -0.1) is 12.3 Å². The second kappa shape index (κ2) is 5.90. The molecule has 0 bridgehead atoms. The van der Waals surface area contributed by atoms with Crippen LogP contribution in [0.2, 0.25) is 0 Å². The number of halogens is 1. The minimum absolute atomic E-state index is 0.0731. The van der Waals surface area contributed by atoms with Gasteiger partial charge < -0.3 is 5.32 Å². The minimum atomic E-state index is -0.483. The van der Waals surface area contributed by atoms with E-state index in [-0.39, 0.29) is 11.6 Å². The summed E-state index contributed by atoms with van der Waals surface area (Å²) in [5.41, 5.74) is 0.950. The average molecular weight is 216 g/mol. The molecule has 1 aromatic rings. The number of nitrogens with zero attached hydrogens (tertiary/aromatic N) is 1. The molecule has 82 valence electrons. The number of nitriles is 1. The Hall–Kier alpha value is -1.84. The molecule has 1 atom stereocenters. The number of rotatable bonds is 4. The van der Waals surface area contributed by atoms with Crippen molar-refractivity contribution in [2.24, 2.45) is 0 Å². The van der Waals surface area contributed by atoms with Gasteiger partial charge in [-0.25, -0.2) is 4.39 Å². The van der Waals surface area contributed by atoms with E-state index in [1.54, 1.807) is 12.1 Å². The largest absolute Gasteiger partial charge is 0.309 e. The Morgan fingerprint density at radius 2 is 2.31 bits per heavy atom. The van der Waals surface area contributed by atoms with Gasteiger partial charge in [0.05, 0.1) is 5.56 Å². The van der Waals surface area contributed by atoms with E-state index in [1.165, 1.54) is 6.07 Å². The Kier molecular flexibility index (Phi) is 4.51. The molecule has 0 saturated carbocycles. The van der Waals surface area contributed by atoms with Gasteiger partial charge in [0.2, 0.25) is 0 Å². The van der Waals surface area contributed by atoms with Crippen molar-refractivity contribution in [3.05, 3.63) is 35.1 Å². The van der Waals surface area contributed by atoms with Crippen molar-refractivity contribution >= 4 is 0 Å². The van der Waals surface area contributed by atoms with Crippen LogP contribution >= 0.6 is 0 Å². The van der Waals surface area contributed by atoms with Gasteiger partial charge in [0.15, 0.2) is 0 Å². The maximum Gasteiger partial charge on any atom is 0.140 e. The molecule has 0 aliphatic heterocycles. The van der Waals surface area contributed by atoms with Crippen LogP contribution in [0.1, 0.15) is 24.5 Å². The molecule has 3 heteroatoms. The molecule has 1 aromatic carbocycles. The zero-order chi connectivity index (χ0) is 12.0. The third kappa shape index (κ3) is 3.38. The molecule has 0 spiro atoms. The van der Waals surface area contributed by atoms with E-state index < -0.39 is 5.82 Å². The predicted octanol–water partition coefficient (Wildman–Crippen LogP) is 2.20. The fourth-order valence-corrected chi connectivity index (χ4v) is 1.31. The first-order chi connectivity index (χ1) is 7.67. The maximum absolute atomic E-state index is 13.0. The molecule has 1 N–H and O–H groups in total. The standard InChI is InChI=1S/C13H13FN2/c1-3-4-10(2)16-9-11-5-6-13(14)12(7-11)8-15/h1,5-7,10,16H,4,9H2,2H3. The maximum atomic E-state index is 13.0. The highest BCUT2D eigenvalue weighted by atomic mass is 19.1. The smallest absolute Gasteiger partial charge is 0.140 e. The lowest BCUT2D eigenvalue weighted by Gasteiger charge is -2.10. The normalized spacial score (nSPS) is 11.5. The molecule has 1 unspecified atom stereocenters. The van der Waals surface area contributed by atoms with Gasteiger partial charge in [-0.3, -0.25) is 0 Å². The summed E-state index contributed by atoms with van der Waals surface area (Å²) >= 11 is 0. The summed E-state index contributed by atoms with van der Waals surface area (Å²) in [6.45, 7) is 2.56. The molecule has 0 aliphatic carbocycles. The van der Waals surface area contributed by atoms with Gasteiger partial charge in [-0.1, -0.05) is 6.07 Å². The van der Waals surface area contributed by atoms with Crippen LogP contribution in [0, 0.1) is 29.5 Å². The third-order valence-corrected chi connectivity index (χ3v) is 2.23. The molecule has 0 amide bonds. The van der Waals surface area contributed by atoms with Crippen molar-refractivity contribution in [3.8, 4) is 18.4 Å². The lowest BCUT2D eigenvalue weighted by atomic mass is 10.1. The quantitative estimate of drug-likeness (QED) is 0.783. The Morgan fingerprint density at radius 1 is 1.56 bits per heavy atom. The second-order valence-electron chi connectivity index (χ2n) is 3.62. The Bertz CT molecular complexity index is 440. The Morgan fingerprint density at radius 3 is 2.94 bits per heavy atom. The van der Waals surface area contributed by atoms with Crippen LogP contribution in [-0.2, 0) is 6.54 Å². The average Bonchev–Trinajstić information content (AvgIpc) is 2.28. The zero-order valence-electron chi connectivity index (χ0n) is 9.13. The summed E-state index contributed by atoms with van der Waals surface area (Å²) in [4.78, 5) is 0. The van der Waals surface area contributed by atoms with E-state index in [0.717, 1.165) is 5.56 Å². The van der Waals surface area contributed by atoms with Crippen molar-refractivity contribution < 1.29 is 4.39 Å². The lowest BCUT2D eigenvalue weighted by molar-refractivity contribution is 0.558. The van der Waals surface area contributed by atoms with Gasteiger partial charge >= 0.3 is 0 Å². The van der Waals surface area contributed by atoms with Crippen LogP contribution in [0.3, 0.4) is 0 Å². The lowest BCUT2D eigenvalue weighted by Crippen LogP contribution is -2.24. The summed E-state index contributed by atoms with van der Waals surface area (Å²) in [5.74, 6) is 2.08. The highest BCUT2D eigenvalue weighted by Gasteiger charge is 2.04. The molecule has 0 aliphatic rings. The molecule has 0 radical (unpaired) electrons. The molecular weight excluding hydrogens is 203 g/mol. The van der Waals surface area contributed by atoms with Crippen molar-refractivity contribution in [3.63, 3.8) is 0 Å². The number of nitrogens with one attached hydrogen (secondary N) is 1. The summed E-state index contributed by atoms with van der Waals surface area (Å²) < 4.78 is 13.0. The van der Waals surface area contributed by atoms with E-state index in [2.05, 4.69) is 11.2 Å². The highest BCUT2D eigenvalue weighted by molar-refractivity contribution is 5.34. The van der Waals surface area contributed by atoms with E-state index in [4.69, 9.17) is 11.7 Å². The van der Waals surface area contributed by atoms with Crippen LogP contribution in [0.5, 0.6) is 0 Å². The van der Waals surface area contributed by atoms with Crippen molar-refractivity contribution in [2.75, 3.05) is 0 Å². The third-order valence-electron chi connectivity index (χ3n) is 2.23. The number of hydrogen-bond donors (Lipinski definition) is 1. The summed E-state index contributed by atoms with van der Waals surface area (Å²) in [5, 5.41) is 11.9. The van der Waals surface area contributed by atoms with Gasteiger partial charge in [0.25, 0.3) is 0 Å². The monoisotopic (exact) mass is 216 g/mol. The highest BCUT2D eigenvalue weighted by Crippen LogP contribution is 2.09.